The van der Waals surface area contributed by atoms with E-state index >= 15 is 0 Å². The Morgan fingerprint density at radius 2 is 1.96 bits per heavy atom. The smallest absolute Gasteiger partial charge is 0.255 e. The van der Waals surface area contributed by atoms with Gasteiger partial charge in [-0.25, -0.2) is 0 Å². The molecule has 3 rings (SSSR count). The topological polar surface area (TPSA) is 76.2 Å². The van der Waals surface area contributed by atoms with Crippen LogP contribution in [-0.4, -0.2) is 30.3 Å². The van der Waals surface area contributed by atoms with E-state index in [1.54, 1.807) is 32.4 Å². The first kappa shape index (κ1) is 17.8. The van der Waals surface area contributed by atoms with Gasteiger partial charge in [0.25, 0.3) is 5.91 Å². The van der Waals surface area contributed by atoms with Crippen molar-refractivity contribution in [2.24, 2.45) is 0 Å². The minimum atomic E-state index is -0.233. The van der Waals surface area contributed by atoms with Crippen molar-refractivity contribution in [3.63, 3.8) is 0 Å². The van der Waals surface area contributed by atoms with Gasteiger partial charge in [-0.05, 0) is 29.8 Å². The molecule has 0 fully saturated rings. The Morgan fingerprint density at radius 1 is 1.15 bits per heavy atom. The molecule has 3 aromatic rings. The van der Waals surface area contributed by atoms with Gasteiger partial charge in [0.2, 0.25) is 0 Å². The number of benzene rings is 2. The first-order valence-electron chi connectivity index (χ1n) is 7.90. The predicted molar refractivity (Wildman–Crippen MR) is 99.7 cm³/mol. The normalized spacial score (nSPS) is 10.4. The van der Waals surface area contributed by atoms with Crippen molar-refractivity contribution >= 4 is 17.5 Å². The Hall–Kier alpha value is -2.99. The number of H-pyrrole nitrogens is 1. The summed E-state index contributed by atoms with van der Waals surface area (Å²) in [6.45, 7) is 0.347. The van der Waals surface area contributed by atoms with Crippen LogP contribution in [0.15, 0.2) is 48.7 Å². The SMILES string of the molecule is COc1ccc(CNC(=O)c2cn[nH]c2-c2cccc(Cl)c2)cc1OC. The quantitative estimate of drug-likeness (QED) is 0.693. The van der Waals surface area contributed by atoms with Crippen LogP contribution in [0.25, 0.3) is 11.3 Å². The third-order valence-electron chi connectivity index (χ3n) is 3.90. The molecule has 1 heterocycles. The summed E-state index contributed by atoms with van der Waals surface area (Å²) in [7, 11) is 3.15. The number of hydrogen-bond acceptors (Lipinski definition) is 4. The van der Waals surface area contributed by atoms with Gasteiger partial charge in [-0.2, -0.15) is 5.10 Å². The van der Waals surface area contributed by atoms with Gasteiger partial charge < -0.3 is 14.8 Å². The minimum absolute atomic E-state index is 0.233. The molecule has 1 amide bonds. The van der Waals surface area contributed by atoms with Crippen LogP contribution >= 0.6 is 11.6 Å². The highest BCUT2D eigenvalue weighted by molar-refractivity contribution is 6.30. The minimum Gasteiger partial charge on any atom is -0.493 e. The molecule has 0 radical (unpaired) electrons. The molecule has 0 saturated heterocycles. The van der Waals surface area contributed by atoms with E-state index in [0.29, 0.717) is 34.3 Å². The van der Waals surface area contributed by atoms with Gasteiger partial charge >= 0.3 is 0 Å². The van der Waals surface area contributed by atoms with Crippen molar-refractivity contribution in [3.05, 3.63) is 64.8 Å². The number of nitrogens with one attached hydrogen (secondary N) is 2. The van der Waals surface area contributed by atoms with Gasteiger partial charge in [-0.3, -0.25) is 9.89 Å². The molecule has 26 heavy (non-hydrogen) atoms. The number of hydrogen-bond donors (Lipinski definition) is 2. The Labute approximate surface area is 156 Å². The van der Waals surface area contributed by atoms with Crippen LogP contribution in [0, 0.1) is 0 Å². The number of nitrogens with zero attached hydrogens (tertiary/aromatic N) is 1. The molecule has 134 valence electrons. The summed E-state index contributed by atoms with van der Waals surface area (Å²) < 4.78 is 10.5. The first-order valence-corrected chi connectivity index (χ1v) is 8.28. The van der Waals surface area contributed by atoms with Crippen molar-refractivity contribution in [2.45, 2.75) is 6.54 Å². The molecule has 2 aromatic carbocycles. The van der Waals surface area contributed by atoms with E-state index in [-0.39, 0.29) is 5.91 Å². The molecule has 0 bridgehead atoms. The lowest BCUT2D eigenvalue weighted by molar-refractivity contribution is 0.0951. The monoisotopic (exact) mass is 371 g/mol. The molecule has 1 aromatic heterocycles. The van der Waals surface area contributed by atoms with E-state index in [9.17, 15) is 4.79 Å². The molecular formula is C19H18ClN3O3. The Bertz CT molecular complexity index is 924. The summed E-state index contributed by atoms with van der Waals surface area (Å²) in [4.78, 5) is 12.6. The third-order valence-corrected chi connectivity index (χ3v) is 4.13. The van der Waals surface area contributed by atoms with Gasteiger partial charge in [0.1, 0.15) is 0 Å². The second kappa shape index (κ2) is 7.93. The lowest BCUT2D eigenvalue weighted by atomic mass is 10.1. The second-order valence-electron chi connectivity index (χ2n) is 5.54. The van der Waals surface area contributed by atoms with Crippen LogP contribution in [0.2, 0.25) is 5.02 Å². The number of aromatic nitrogens is 2. The van der Waals surface area contributed by atoms with E-state index < -0.39 is 0 Å². The summed E-state index contributed by atoms with van der Waals surface area (Å²) in [6, 6.07) is 12.7. The fourth-order valence-electron chi connectivity index (χ4n) is 2.59. The zero-order valence-electron chi connectivity index (χ0n) is 14.4. The second-order valence-corrected chi connectivity index (χ2v) is 5.98. The van der Waals surface area contributed by atoms with Gasteiger partial charge in [0.15, 0.2) is 11.5 Å². The van der Waals surface area contributed by atoms with Crippen LogP contribution in [0.5, 0.6) is 11.5 Å². The highest BCUT2D eigenvalue weighted by atomic mass is 35.5. The number of rotatable bonds is 6. The summed E-state index contributed by atoms with van der Waals surface area (Å²) in [5.74, 6) is 1.02. The van der Waals surface area contributed by atoms with Crippen LogP contribution in [0.3, 0.4) is 0 Å². The Morgan fingerprint density at radius 3 is 2.69 bits per heavy atom. The largest absolute Gasteiger partial charge is 0.493 e. The maximum absolute atomic E-state index is 12.6. The van der Waals surface area contributed by atoms with Gasteiger partial charge in [0, 0.05) is 17.1 Å². The Balaban J connectivity index is 1.75. The number of ether oxygens (including phenoxy) is 2. The van der Waals surface area contributed by atoms with Crippen molar-refractivity contribution in [2.75, 3.05) is 14.2 Å². The number of methoxy groups -OCH3 is 2. The van der Waals surface area contributed by atoms with Crippen LogP contribution in [-0.2, 0) is 6.54 Å². The fraction of sp³-hybridized carbons (Fsp3) is 0.158. The maximum Gasteiger partial charge on any atom is 0.255 e. The third kappa shape index (κ3) is 3.81. The molecule has 0 atom stereocenters. The lowest BCUT2D eigenvalue weighted by Gasteiger charge is -2.10. The molecular weight excluding hydrogens is 354 g/mol. The fourth-order valence-corrected chi connectivity index (χ4v) is 2.78. The average Bonchev–Trinajstić information content (AvgIpc) is 3.15. The van der Waals surface area contributed by atoms with Crippen molar-refractivity contribution in [1.29, 1.82) is 0 Å². The molecule has 7 heteroatoms. The Kier molecular flexibility index (Phi) is 5.43. The average molecular weight is 372 g/mol. The lowest BCUT2D eigenvalue weighted by Crippen LogP contribution is -2.23. The summed E-state index contributed by atoms with van der Waals surface area (Å²) in [6.07, 6.45) is 1.50. The highest BCUT2D eigenvalue weighted by Gasteiger charge is 2.15. The molecule has 0 aliphatic rings. The van der Waals surface area contributed by atoms with Crippen LogP contribution in [0.4, 0.5) is 0 Å². The van der Waals surface area contributed by atoms with Gasteiger partial charge in [0.05, 0.1) is 31.7 Å². The van der Waals surface area contributed by atoms with E-state index in [0.717, 1.165) is 11.1 Å². The predicted octanol–water partition coefficient (Wildman–Crippen LogP) is 3.68. The van der Waals surface area contributed by atoms with E-state index in [1.165, 1.54) is 6.20 Å². The van der Waals surface area contributed by atoms with Crippen LogP contribution in [0.1, 0.15) is 15.9 Å². The molecule has 0 aliphatic carbocycles. The summed E-state index contributed by atoms with van der Waals surface area (Å²) in [5, 5.41) is 10.3. The molecule has 0 unspecified atom stereocenters. The van der Waals surface area contributed by atoms with Gasteiger partial charge in [-0.1, -0.05) is 29.8 Å². The van der Waals surface area contributed by atoms with E-state index in [1.807, 2.05) is 24.3 Å². The number of carbonyl (C=O) groups excluding carboxylic acids is 1. The standard InChI is InChI=1S/C19H18ClN3O3/c1-25-16-7-6-12(8-17(16)26-2)10-21-19(24)15-11-22-23-18(15)13-4-3-5-14(20)9-13/h3-9,11H,10H2,1-2H3,(H,21,24)(H,22,23). The highest BCUT2D eigenvalue weighted by Crippen LogP contribution is 2.28. The maximum atomic E-state index is 12.6. The molecule has 0 saturated carbocycles. The van der Waals surface area contributed by atoms with Crippen molar-refractivity contribution in [3.8, 4) is 22.8 Å². The summed E-state index contributed by atoms with van der Waals surface area (Å²) >= 11 is 6.03. The molecule has 2 N–H and O–H groups in total. The first-order chi connectivity index (χ1) is 12.6. The van der Waals surface area contributed by atoms with Crippen molar-refractivity contribution in [1.82, 2.24) is 15.5 Å². The molecule has 6 nitrogen and oxygen atoms in total. The number of carbonyl (C=O) groups is 1. The number of amides is 1. The molecule has 0 aliphatic heterocycles. The van der Waals surface area contributed by atoms with E-state index in [2.05, 4.69) is 15.5 Å². The molecule has 0 spiro atoms. The number of halogens is 1. The number of aromatic amines is 1. The zero-order chi connectivity index (χ0) is 18.5. The zero-order valence-corrected chi connectivity index (χ0v) is 15.1. The van der Waals surface area contributed by atoms with Gasteiger partial charge in [-0.15, -0.1) is 0 Å². The van der Waals surface area contributed by atoms with E-state index in [4.69, 9.17) is 21.1 Å². The summed E-state index contributed by atoms with van der Waals surface area (Å²) in [5.41, 5.74) is 2.76. The van der Waals surface area contributed by atoms with Crippen LogP contribution < -0.4 is 14.8 Å². The van der Waals surface area contributed by atoms with Crippen molar-refractivity contribution < 1.29 is 14.3 Å².